The molecule has 18 heavy (non-hydrogen) atoms. The Hall–Kier alpha value is -1.87. The Morgan fingerprint density at radius 2 is 1.89 bits per heavy atom. The summed E-state index contributed by atoms with van der Waals surface area (Å²) in [5.74, 6) is 0.333. The van der Waals surface area contributed by atoms with E-state index in [1.54, 1.807) is 6.07 Å². The average molecular weight is 246 g/mol. The van der Waals surface area contributed by atoms with Crippen molar-refractivity contribution in [2.45, 2.75) is 13.0 Å². The van der Waals surface area contributed by atoms with Crippen LogP contribution in [-0.2, 0) is 0 Å². The molecule has 0 aromatic heterocycles. The van der Waals surface area contributed by atoms with Crippen molar-refractivity contribution < 1.29 is 14.2 Å². The third-order valence-corrected chi connectivity index (χ3v) is 2.75. The molecule has 0 fully saturated rings. The van der Waals surface area contributed by atoms with Gasteiger partial charge in [-0.2, -0.15) is 0 Å². The van der Waals surface area contributed by atoms with E-state index >= 15 is 0 Å². The second-order valence-electron chi connectivity index (χ2n) is 4.14. The van der Waals surface area contributed by atoms with Crippen LogP contribution in [0.3, 0.4) is 0 Å². The van der Waals surface area contributed by atoms with Gasteiger partial charge in [0.1, 0.15) is 24.3 Å². The normalized spacial score (nSPS) is 12.2. The molecule has 2 nitrogen and oxygen atoms in total. The van der Waals surface area contributed by atoms with Crippen LogP contribution < -0.4 is 4.74 Å². The summed E-state index contributed by atoms with van der Waals surface area (Å²) in [5.41, 5.74) is 1.41. The minimum Gasteiger partial charge on any atom is -0.491 e. The van der Waals surface area contributed by atoms with Crippen molar-refractivity contribution in [3.8, 4) is 5.75 Å². The van der Waals surface area contributed by atoms with Crippen molar-refractivity contribution in [3.63, 3.8) is 0 Å². The predicted molar refractivity (Wildman–Crippen MR) is 68.0 cm³/mol. The average Bonchev–Trinajstić information content (AvgIpc) is 2.40. The number of rotatable bonds is 4. The van der Waals surface area contributed by atoms with E-state index < -0.39 is 6.10 Å². The fourth-order valence-electron chi connectivity index (χ4n) is 1.75. The summed E-state index contributed by atoms with van der Waals surface area (Å²) in [7, 11) is 0. The van der Waals surface area contributed by atoms with Crippen molar-refractivity contribution in [3.05, 3.63) is 65.5 Å². The minimum atomic E-state index is -0.832. The molecule has 1 atom stereocenters. The SMILES string of the molecule is Cc1ccc(F)cc1C(O)COc1ccccc1. The van der Waals surface area contributed by atoms with Gasteiger partial charge < -0.3 is 9.84 Å². The van der Waals surface area contributed by atoms with Crippen molar-refractivity contribution in [2.24, 2.45) is 0 Å². The van der Waals surface area contributed by atoms with E-state index in [0.29, 0.717) is 11.3 Å². The lowest BCUT2D eigenvalue weighted by molar-refractivity contribution is 0.107. The summed E-state index contributed by atoms with van der Waals surface area (Å²) in [4.78, 5) is 0. The van der Waals surface area contributed by atoms with E-state index in [0.717, 1.165) is 5.56 Å². The highest BCUT2D eigenvalue weighted by molar-refractivity contribution is 5.29. The van der Waals surface area contributed by atoms with Crippen LogP contribution in [0.15, 0.2) is 48.5 Å². The molecule has 0 saturated carbocycles. The van der Waals surface area contributed by atoms with Gasteiger partial charge in [-0.1, -0.05) is 24.3 Å². The Labute approximate surface area is 106 Å². The van der Waals surface area contributed by atoms with E-state index in [1.807, 2.05) is 37.3 Å². The number of para-hydroxylation sites is 1. The van der Waals surface area contributed by atoms with E-state index in [4.69, 9.17) is 4.74 Å². The number of aryl methyl sites for hydroxylation is 1. The Bertz CT molecular complexity index is 511. The number of aliphatic hydroxyl groups is 1. The van der Waals surface area contributed by atoms with Gasteiger partial charge in [-0.05, 0) is 42.3 Å². The molecule has 0 aliphatic rings. The third-order valence-electron chi connectivity index (χ3n) is 2.75. The molecule has 2 rings (SSSR count). The molecule has 0 amide bonds. The molecule has 0 aliphatic heterocycles. The van der Waals surface area contributed by atoms with Crippen molar-refractivity contribution in [2.75, 3.05) is 6.61 Å². The van der Waals surface area contributed by atoms with E-state index in [-0.39, 0.29) is 12.4 Å². The Morgan fingerprint density at radius 3 is 2.61 bits per heavy atom. The molecular weight excluding hydrogens is 231 g/mol. The maximum atomic E-state index is 13.1. The second-order valence-corrected chi connectivity index (χ2v) is 4.14. The molecule has 2 aromatic carbocycles. The monoisotopic (exact) mass is 246 g/mol. The molecule has 0 heterocycles. The lowest BCUT2D eigenvalue weighted by atomic mass is 10.0. The summed E-state index contributed by atoms with van der Waals surface area (Å²) in [6.45, 7) is 1.94. The number of ether oxygens (including phenoxy) is 1. The number of benzene rings is 2. The molecule has 1 unspecified atom stereocenters. The summed E-state index contributed by atoms with van der Waals surface area (Å²) in [5, 5.41) is 10.00. The fraction of sp³-hybridized carbons (Fsp3) is 0.200. The summed E-state index contributed by atoms with van der Waals surface area (Å²) in [6, 6.07) is 13.6. The van der Waals surface area contributed by atoms with Gasteiger partial charge in [0.05, 0.1) is 0 Å². The smallest absolute Gasteiger partial charge is 0.123 e. The molecule has 0 bridgehead atoms. The van der Waals surface area contributed by atoms with Crippen molar-refractivity contribution in [1.29, 1.82) is 0 Å². The molecule has 1 N–H and O–H groups in total. The Morgan fingerprint density at radius 1 is 1.17 bits per heavy atom. The third kappa shape index (κ3) is 3.08. The maximum Gasteiger partial charge on any atom is 0.123 e. The van der Waals surface area contributed by atoms with Crippen LogP contribution in [0.25, 0.3) is 0 Å². The van der Waals surface area contributed by atoms with Crippen LogP contribution in [-0.4, -0.2) is 11.7 Å². The molecule has 2 aromatic rings. The first-order valence-corrected chi connectivity index (χ1v) is 5.79. The van der Waals surface area contributed by atoms with Crippen LogP contribution in [0.4, 0.5) is 4.39 Å². The first-order valence-electron chi connectivity index (χ1n) is 5.79. The van der Waals surface area contributed by atoms with E-state index in [9.17, 15) is 9.50 Å². The topological polar surface area (TPSA) is 29.5 Å². The zero-order chi connectivity index (χ0) is 13.0. The highest BCUT2D eigenvalue weighted by Gasteiger charge is 2.12. The minimum absolute atomic E-state index is 0.105. The maximum absolute atomic E-state index is 13.1. The van der Waals surface area contributed by atoms with Gasteiger partial charge in [0.15, 0.2) is 0 Å². The predicted octanol–water partition coefficient (Wildman–Crippen LogP) is 3.25. The van der Waals surface area contributed by atoms with Gasteiger partial charge in [-0.15, -0.1) is 0 Å². The largest absolute Gasteiger partial charge is 0.491 e. The number of hydrogen-bond donors (Lipinski definition) is 1. The zero-order valence-electron chi connectivity index (χ0n) is 10.1. The van der Waals surface area contributed by atoms with Gasteiger partial charge in [-0.25, -0.2) is 4.39 Å². The van der Waals surface area contributed by atoms with E-state index in [2.05, 4.69) is 0 Å². The lowest BCUT2D eigenvalue weighted by Gasteiger charge is -2.15. The molecular formula is C15H15FO2. The van der Waals surface area contributed by atoms with Crippen molar-refractivity contribution >= 4 is 0 Å². The van der Waals surface area contributed by atoms with Crippen LogP contribution in [0.2, 0.25) is 0 Å². The first-order chi connectivity index (χ1) is 8.66. The van der Waals surface area contributed by atoms with Gasteiger partial charge in [0.2, 0.25) is 0 Å². The zero-order valence-corrected chi connectivity index (χ0v) is 10.1. The number of hydrogen-bond acceptors (Lipinski definition) is 2. The van der Waals surface area contributed by atoms with Crippen LogP contribution in [0.5, 0.6) is 5.75 Å². The van der Waals surface area contributed by atoms with Crippen LogP contribution in [0.1, 0.15) is 17.2 Å². The summed E-state index contributed by atoms with van der Waals surface area (Å²) >= 11 is 0. The second kappa shape index (κ2) is 5.65. The molecule has 3 heteroatoms. The summed E-state index contributed by atoms with van der Waals surface area (Å²) in [6.07, 6.45) is -0.832. The van der Waals surface area contributed by atoms with Crippen LogP contribution in [0, 0.1) is 12.7 Å². The number of aliphatic hydroxyl groups excluding tert-OH is 1. The quantitative estimate of drug-likeness (QED) is 0.897. The van der Waals surface area contributed by atoms with Crippen LogP contribution >= 0.6 is 0 Å². The van der Waals surface area contributed by atoms with Gasteiger partial charge in [0, 0.05) is 0 Å². The molecule has 94 valence electrons. The Kier molecular flexibility index (Phi) is 3.95. The van der Waals surface area contributed by atoms with Gasteiger partial charge in [0.25, 0.3) is 0 Å². The fourth-order valence-corrected chi connectivity index (χ4v) is 1.75. The lowest BCUT2D eigenvalue weighted by Crippen LogP contribution is -2.11. The highest BCUT2D eigenvalue weighted by atomic mass is 19.1. The van der Waals surface area contributed by atoms with Gasteiger partial charge in [-0.3, -0.25) is 0 Å². The standard InChI is InChI=1S/C15H15FO2/c1-11-7-8-12(16)9-14(11)15(17)10-18-13-5-3-2-4-6-13/h2-9,15,17H,10H2,1H3. The molecule has 0 saturated heterocycles. The van der Waals surface area contributed by atoms with E-state index in [1.165, 1.54) is 12.1 Å². The number of halogens is 1. The molecule has 0 radical (unpaired) electrons. The van der Waals surface area contributed by atoms with Crippen molar-refractivity contribution in [1.82, 2.24) is 0 Å². The molecule has 0 aliphatic carbocycles. The highest BCUT2D eigenvalue weighted by Crippen LogP contribution is 2.20. The first kappa shape index (κ1) is 12.6. The molecule has 0 spiro atoms. The van der Waals surface area contributed by atoms with Gasteiger partial charge >= 0.3 is 0 Å². The summed E-state index contributed by atoms with van der Waals surface area (Å²) < 4.78 is 18.6. The Balaban J connectivity index is 2.03.